The number of hydrogen-bond acceptors (Lipinski definition) is 3. The Morgan fingerprint density at radius 1 is 1.47 bits per heavy atom. The van der Waals surface area contributed by atoms with Crippen molar-refractivity contribution in [1.82, 2.24) is 9.62 Å². The van der Waals surface area contributed by atoms with Gasteiger partial charge < -0.3 is 5.32 Å². The van der Waals surface area contributed by atoms with Crippen molar-refractivity contribution >= 4 is 10.0 Å². The second kappa shape index (κ2) is 5.27. The van der Waals surface area contributed by atoms with E-state index < -0.39 is 10.0 Å². The lowest BCUT2D eigenvalue weighted by molar-refractivity contribution is 0.397. The van der Waals surface area contributed by atoms with E-state index >= 15 is 0 Å². The van der Waals surface area contributed by atoms with E-state index in [0.29, 0.717) is 12.5 Å². The smallest absolute Gasteiger partial charge is 0.214 e. The highest BCUT2D eigenvalue weighted by molar-refractivity contribution is 7.89. The van der Waals surface area contributed by atoms with Gasteiger partial charge in [-0.3, -0.25) is 0 Å². The lowest BCUT2D eigenvalue weighted by Crippen LogP contribution is -2.35. The first-order chi connectivity index (χ1) is 6.92. The van der Waals surface area contributed by atoms with Crippen LogP contribution < -0.4 is 5.32 Å². The van der Waals surface area contributed by atoms with E-state index in [9.17, 15) is 8.42 Å². The zero-order valence-corrected chi connectivity index (χ0v) is 10.7. The van der Waals surface area contributed by atoms with Crippen LogP contribution in [0.1, 0.15) is 20.3 Å². The van der Waals surface area contributed by atoms with E-state index in [4.69, 9.17) is 0 Å². The molecule has 0 aromatic heterocycles. The topological polar surface area (TPSA) is 49.4 Å². The highest BCUT2D eigenvalue weighted by Gasteiger charge is 2.24. The van der Waals surface area contributed by atoms with Crippen LogP contribution in [0.4, 0.5) is 0 Å². The van der Waals surface area contributed by atoms with Gasteiger partial charge in [0.05, 0.1) is 5.75 Å². The van der Waals surface area contributed by atoms with Crippen LogP contribution in [0.25, 0.3) is 0 Å². The Labute approximate surface area is 93.1 Å². The average molecular weight is 234 g/mol. The molecular formula is C10H22N2O2S. The second-order valence-electron chi connectivity index (χ2n) is 4.81. The molecule has 1 aliphatic heterocycles. The Hall–Kier alpha value is -0.130. The van der Waals surface area contributed by atoms with Gasteiger partial charge in [0, 0.05) is 13.6 Å². The van der Waals surface area contributed by atoms with Crippen molar-refractivity contribution in [2.75, 3.05) is 32.4 Å². The molecule has 0 bridgehead atoms. The molecule has 1 heterocycles. The summed E-state index contributed by atoms with van der Waals surface area (Å²) in [7, 11) is -1.35. The lowest BCUT2D eigenvalue weighted by atomic mass is 10.1. The minimum atomic E-state index is -3.04. The van der Waals surface area contributed by atoms with E-state index in [1.54, 1.807) is 7.05 Å². The molecule has 0 aromatic carbocycles. The number of rotatable bonds is 5. The first-order valence-electron chi connectivity index (χ1n) is 5.56. The predicted molar refractivity (Wildman–Crippen MR) is 62.2 cm³/mol. The van der Waals surface area contributed by atoms with Crippen LogP contribution in [0.3, 0.4) is 0 Å². The molecule has 1 saturated heterocycles. The van der Waals surface area contributed by atoms with Crippen LogP contribution in [0.5, 0.6) is 0 Å². The highest BCUT2D eigenvalue weighted by atomic mass is 32.2. The maximum absolute atomic E-state index is 11.8. The van der Waals surface area contributed by atoms with Gasteiger partial charge in [0.1, 0.15) is 0 Å². The molecule has 1 unspecified atom stereocenters. The highest BCUT2D eigenvalue weighted by Crippen LogP contribution is 2.12. The molecule has 5 heteroatoms. The minimum absolute atomic E-state index is 0.194. The van der Waals surface area contributed by atoms with Crippen molar-refractivity contribution in [2.24, 2.45) is 11.8 Å². The predicted octanol–water partition coefficient (Wildman–Crippen LogP) is 0.513. The summed E-state index contributed by atoms with van der Waals surface area (Å²) in [5.74, 6) is 0.931. The molecule has 0 aliphatic carbocycles. The Balaban J connectivity index is 2.47. The van der Waals surface area contributed by atoms with E-state index in [2.05, 4.69) is 5.32 Å². The lowest BCUT2D eigenvalue weighted by Gasteiger charge is -2.21. The fraction of sp³-hybridized carbons (Fsp3) is 1.00. The quantitative estimate of drug-likeness (QED) is 0.754. The number of hydrogen-bond donors (Lipinski definition) is 1. The summed E-state index contributed by atoms with van der Waals surface area (Å²) in [6.45, 7) is 6.48. The number of nitrogens with one attached hydrogen (secondary N) is 1. The minimum Gasteiger partial charge on any atom is -0.316 e. The maximum Gasteiger partial charge on any atom is 0.214 e. The zero-order valence-electron chi connectivity index (χ0n) is 9.86. The monoisotopic (exact) mass is 234 g/mol. The molecule has 0 radical (unpaired) electrons. The summed E-state index contributed by atoms with van der Waals surface area (Å²) in [4.78, 5) is 0. The second-order valence-corrected chi connectivity index (χ2v) is 6.93. The van der Waals surface area contributed by atoms with Gasteiger partial charge in [0.15, 0.2) is 0 Å². The molecule has 1 N–H and O–H groups in total. The Morgan fingerprint density at radius 3 is 2.60 bits per heavy atom. The van der Waals surface area contributed by atoms with Crippen molar-refractivity contribution < 1.29 is 8.42 Å². The number of nitrogens with zero attached hydrogens (tertiary/aromatic N) is 1. The molecule has 0 amide bonds. The Kier molecular flexibility index (Phi) is 4.55. The van der Waals surface area contributed by atoms with Crippen LogP contribution in [-0.2, 0) is 10.0 Å². The Morgan fingerprint density at radius 2 is 2.13 bits per heavy atom. The molecule has 4 nitrogen and oxygen atoms in total. The van der Waals surface area contributed by atoms with Crippen molar-refractivity contribution in [3.05, 3.63) is 0 Å². The molecule has 1 atom stereocenters. The van der Waals surface area contributed by atoms with Crippen molar-refractivity contribution in [2.45, 2.75) is 20.3 Å². The fourth-order valence-electron chi connectivity index (χ4n) is 1.90. The molecule has 1 fully saturated rings. The van der Waals surface area contributed by atoms with Crippen molar-refractivity contribution in [3.8, 4) is 0 Å². The summed E-state index contributed by atoms with van der Waals surface area (Å²) in [6, 6.07) is 0. The van der Waals surface area contributed by atoms with Gasteiger partial charge in [-0.1, -0.05) is 13.8 Å². The average Bonchev–Trinajstić information content (AvgIpc) is 2.54. The van der Waals surface area contributed by atoms with Gasteiger partial charge in [-0.2, -0.15) is 0 Å². The standard InChI is InChI=1S/C10H22N2O2S/c1-9(2)8-15(13,14)12(3)7-10-4-5-11-6-10/h9-11H,4-8H2,1-3H3. The normalized spacial score (nSPS) is 22.9. The number of sulfonamides is 1. The first-order valence-corrected chi connectivity index (χ1v) is 7.17. The third-order valence-corrected chi connectivity index (χ3v) is 4.88. The summed E-state index contributed by atoms with van der Waals surface area (Å²) in [5, 5.41) is 3.25. The Bertz CT molecular complexity index is 282. The van der Waals surface area contributed by atoms with Crippen molar-refractivity contribution in [1.29, 1.82) is 0 Å². The first kappa shape index (κ1) is 12.9. The van der Waals surface area contributed by atoms with Crippen LogP contribution in [0.2, 0.25) is 0 Å². The summed E-state index contributed by atoms with van der Waals surface area (Å²) < 4.78 is 25.2. The van der Waals surface area contributed by atoms with Gasteiger partial charge in [-0.15, -0.1) is 0 Å². The molecule has 1 rings (SSSR count). The third kappa shape index (κ3) is 4.09. The van der Waals surface area contributed by atoms with Gasteiger partial charge in [-0.05, 0) is 31.3 Å². The van der Waals surface area contributed by atoms with Gasteiger partial charge in [-0.25, -0.2) is 12.7 Å². The summed E-state index contributed by atoms with van der Waals surface area (Å²) in [5.41, 5.74) is 0. The van der Waals surface area contributed by atoms with E-state index in [1.165, 1.54) is 4.31 Å². The molecule has 0 spiro atoms. The maximum atomic E-state index is 11.8. The van der Waals surface area contributed by atoms with Crippen molar-refractivity contribution in [3.63, 3.8) is 0 Å². The zero-order chi connectivity index (χ0) is 11.5. The van der Waals surface area contributed by atoms with Crippen LogP contribution in [0.15, 0.2) is 0 Å². The third-order valence-electron chi connectivity index (χ3n) is 2.70. The fourth-order valence-corrected chi connectivity index (χ4v) is 3.43. The summed E-state index contributed by atoms with van der Waals surface area (Å²) in [6.07, 6.45) is 1.08. The van der Waals surface area contributed by atoms with Gasteiger partial charge >= 0.3 is 0 Å². The SMILES string of the molecule is CC(C)CS(=O)(=O)N(C)CC1CCNC1. The van der Waals surface area contributed by atoms with E-state index in [0.717, 1.165) is 19.5 Å². The van der Waals surface area contributed by atoms with E-state index in [-0.39, 0.29) is 11.7 Å². The molecule has 0 aromatic rings. The van der Waals surface area contributed by atoms with Gasteiger partial charge in [0.25, 0.3) is 0 Å². The molecule has 0 saturated carbocycles. The molecule has 90 valence electrons. The largest absolute Gasteiger partial charge is 0.316 e. The van der Waals surface area contributed by atoms with E-state index in [1.807, 2.05) is 13.8 Å². The molecule has 1 aliphatic rings. The summed E-state index contributed by atoms with van der Waals surface area (Å²) >= 11 is 0. The van der Waals surface area contributed by atoms with Gasteiger partial charge in [0.2, 0.25) is 10.0 Å². The molecule has 15 heavy (non-hydrogen) atoms. The molecular weight excluding hydrogens is 212 g/mol. The van der Waals surface area contributed by atoms with Crippen LogP contribution in [-0.4, -0.2) is 45.2 Å². The van der Waals surface area contributed by atoms with Crippen LogP contribution >= 0.6 is 0 Å². The van der Waals surface area contributed by atoms with Crippen LogP contribution in [0, 0.1) is 11.8 Å².